The first-order valence-electron chi connectivity index (χ1n) is 8.67. The van der Waals surface area contributed by atoms with Crippen molar-refractivity contribution >= 4 is 46.5 Å². The van der Waals surface area contributed by atoms with Crippen molar-refractivity contribution in [3.05, 3.63) is 75.8 Å². The normalized spacial score (nSPS) is 11.4. The number of hydrogen-bond donors (Lipinski definition) is 0. The summed E-state index contributed by atoms with van der Waals surface area (Å²) >= 11 is 6.97. The lowest BCUT2D eigenvalue weighted by Gasteiger charge is -2.09. The maximum atomic E-state index is 12.9. The second kappa shape index (κ2) is 8.85. The van der Waals surface area contributed by atoms with E-state index in [1.165, 1.54) is 17.0 Å². The number of carbonyl (C=O) groups is 2. The van der Waals surface area contributed by atoms with Crippen LogP contribution in [0.15, 0.2) is 65.3 Å². The number of ether oxygens (including phenoxy) is 1. The minimum Gasteiger partial charge on any atom is -0.465 e. The van der Waals surface area contributed by atoms with Crippen LogP contribution >= 0.6 is 22.9 Å². The second-order valence-corrected chi connectivity index (χ2v) is 7.64. The van der Waals surface area contributed by atoms with Gasteiger partial charge in [0.05, 0.1) is 15.5 Å². The summed E-state index contributed by atoms with van der Waals surface area (Å²) in [6.45, 7) is -0.450. The number of benzene rings is 1. The molecular formula is C20H13ClN4O4S. The van der Waals surface area contributed by atoms with Crippen molar-refractivity contribution in [2.45, 2.75) is 0 Å². The van der Waals surface area contributed by atoms with Gasteiger partial charge in [0.1, 0.15) is 5.76 Å². The van der Waals surface area contributed by atoms with Crippen molar-refractivity contribution in [1.82, 2.24) is 20.2 Å². The van der Waals surface area contributed by atoms with Gasteiger partial charge in [-0.15, -0.1) is 16.4 Å². The molecule has 30 heavy (non-hydrogen) atoms. The van der Waals surface area contributed by atoms with Gasteiger partial charge in [-0.25, -0.2) is 4.79 Å². The Balaban J connectivity index is 1.62. The van der Waals surface area contributed by atoms with E-state index < -0.39 is 12.6 Å². The number of rotatable bonds is 7. The molecule has 1 aromatic carbocycles. The molecular weight excluding hydrogens is 428 g/mol. The van der Waals surface area contributed by atoms with Crippen LogP contribution in [0.25, 0.3) is 23.2 Å². The molecule has 0 radical (unpaired) electrons. The number of nitrogens with zero attached hydrogens (tertiary/aromatic N) is 4. The lowest BCUT2D eigenvalue weighted by molar-refractivity contribution is -0.136. The van der Waals surface area contributed by atoms with Crippen molar-refractivity contribution in [1.29, 1.82) is 0 Å². The van der Waals surface area contributed by atoms with Crippen molar-refractivity contribution in [2.24, 2.45) is 0 Å². The molecule has 150 valence electrons. The van der Waals surface area contributed by atoms with Crippen LogP contribution in [0.3, 0.4) is 0 Å². The minimum absolute atomic E-state index is 0.00850. The number of carbonyl (C=O) groups excluding carboxylic acids is 2. The van der Waals surface area contributed by atoms with E-state index in [0.717, 1.165) is 11.3 Å². The second-order valence-electron chi connectivity index (χ2n) is 5.93. The van der Waals surface area contributed by atoms with E-state index in [2.05, 4.69) is 15.5 Å². The van der Waals surface area contributed by atoms with Crippen molar-refractivity contribution in [2.75, 3.05) is 6.61 Å². The van der Waals surface area contributed by atoms with E-state index in [1.807, 2.05) is 30.3 Å². The van der Waals surface area contributed by atoms with E-state index in [0.29, 0.717) is 26.4 Å². The molecule has 0 amide bonds. The Labute approximate surface area is 179 Å². The fourth-order valence-electron chi connectivity index (χ4n) is 2.57. The smallest absolute Gasteiger partial charge is 0.357 e. The van der Waals surface area contributed by atoms with Crippen LogP contribution in [0.5, 0.6) is 0 Å². The summed E-state index contributed by atoms with van der Waals surface area (Å²) in [6, 6.07) is 15.7. The molecule has 3 aromatic heterocycles. The highest BCUT2D eigenvalue weighted by Gasteiger charge is 2.22. The van der Waals surface area contributed by atoms with E-state index in [4.69, 9.17) is 20.8 Å². The summed E-state index contributed by atoms with van der Waals surface area (Å²) < 4.78 is 12.3. The lowest BCUT2D eigenvalue weighted by Crippen LogP contribution is -2.18. The average Bonchev–Trinajstić information content (AvgIpc) is 3.52. The van der Waals surface area contributed by atoms with Gasteiger partial charge in [0, 0.05) is 11.6 Å². The van der Waals surface area contributed by atoms with E-state index in [1.54, 1.807) is 24.3 Å². The van der Waals surface area contributed by atoms with Crippen LogP contribution in [0, 0.1) is 0 Å². The van der Waals surface area contributed by atoms with Gasteiger partial charge in [0.2, 0.25) is 5.78 Å². The first-order chi connectivity index (χ1) is 14.6. The maximum absolute atomic E-state index is 12.9. The number of thiophene rings is 1. The zero-order chi connectivity index (χ0) is 20.9. The molecule has 0 saturated heterocycles. The number of hydrogen-bond acceptors (Lipinski definition) is 8. The molecule has 10 heteroatoms. The Morgan fingerprint density at radius 2 is 1.97 bits per heavy atom. The van der Waals surface area contributed by atoms with Gasteiger partial charge in [-0.3, -0.25) is 4.79 Å². The molecule has 0 N–H and O–H groups in total. The summed E-state index contributed by atoms with van der Waals surface area (Å²) in [5, 5.41) is 11.6. The Kier molecular flexibility index (Phi) is 5.82. The van der Waals surface area contributed by atoms with Gasteiger partial charge < -0.3 is 9.15 Å². The standard InChI is InChI=1S/C20H13ClN4O4S/c21-18-9-8-17(30-18)16(26)12-29-20(27)15(11-14-7-4-10-28-14)25-19(22-23-24-25)13-5-2-1-3-6-13/h1-11H,12H2/b15-11+. The zero-order valence-electron chi connectivity index (χ0n) is 15.3. The number of furan rings is 1. The fourth-order valence-corrected chi connectivity index (χ4v) is 3.54. The van der Waals surface area contributed by atoms with E-state index in [-0.39, 0.29) is 11.5 Å². The molecule has 0 fully saturated rings. The number of aromatic nitrogens is 4. The number of ketones is 1. The Morgan fingerprint density at radius 1 is 1.13 bits per heavy atom. The Morgan fingerprint density at radius 3 is 2.67 bits per heavy atom. The predicted octanol–water partition coefficient (Wildman–Crippen LogP) is 4.07. The van der Waals surface area contributed by atoms with Crippen molar-refractivity contribution in [3.63, 3.8) is 0 Å². The van der Waals surface area contributed by atoms with Crippen LogP contribution in [0.2, 0.25) is 4.34 Å². The highest BCUT2D eigenvalue weighted by Crippen LogP contribution is 2.23. The summed E-state index contributed by atoms with van der Waals surface area (Å²) in [6.07, 6.45) is 2.91. The van der Waals surface area contributed by atoms with E-state index in [9.17, 15) is 9.59 Å². The maximum Gasteiger partial charge on any atom is 0.357 e. The molecule has 0 saturated carbocycles. The molecule has 4 rings (SSSR count). The number of Topliss-reactive ketones (excluding diaryl/α,β-unsaturated/α-hetero) is 1. The Bertz CT molecular complexity index is 1200. The third-order valence-electron chi connectivity index (χ3n) is 3.94. The van der Waals surface area contributed by atoms with Crippen LogP contribution in [0.1, 0.15) is 15.4 Å². The van der Waals surface area contributed by atoms with Crippen LogP contribution in [0.4, 0.5) is 0 Å². The van der Waals surface area contributed by atoms with Crippen molar-refractivity contribution in [3.8, 4) is 11.4 Å². The Hall–Kier alpha value is -3.56. The first-order valence-corrected chi connectivity index (χ1v) is 9.86. The highest BCUT2D eigenvalue weighted by atomic mass is 35.5. The number of tetrazole rings is 1. The summed E-state index contributed by atoms with van der Waals surface area (Å²) in [5.41, 5.74) is 0.691. The fraction of sp³-hybridized carbons (Fsp3) is 0.0500. The quantitative estimate of drug-likeness (QED) is 0.242. The van der Waals surface area contributed by atoms with Crippen LogP contribution in [-0.4, -0.2) is 38.6 Å². The predicted molar refractivity (Wildman–Crippen MR) is 111 cm³/mol. The van der Waals surface area contributed by atoms with Gasteiger partial charge in [0.25, 0.3) is 0 Å². The summed E-state index contributed by atoms with van der Waals surface area (Å²) in [7, 11) is 0. The lowest BCUT2D eigenvalue weighted by atomic mass is 10.2. The molecule has 8 nitrogen and oxygen atoms in total. The molecule has 0 atom stereocenters. The van der Waals surface area contributed by atoms with Gasteiger partial charge in [-0.1, -0.05) is 41.9 Å². The van der Waals surface area contributed by atoms with Gasteiger partial charge >= 0.3 is 5.97 Å². The van der Waals surface area contributed by atoms with Crippen molar-refractivity contribution < 1.29 is 18.7 Å². The topological polar surface area (TPSA) is 100 Å². The minimum atomic E-state index is -0.785. The molecule has 0 spiro atoms. The third-order valence-corrected chi connectivity index (χ3v) is 5.22. The van der Waals surface area contributed by atoms with Crippen LogP contribution in [-0.2, 0) is 9.53 Å². The monoisotopic (exact) mass is 440 g/mol. The SMILES string of the molecule is O=C(OCC(=O)c1ccc(Cl)s1)/C(=C\c1ccco1)n1nnnc1-c1ccccc1. The molecule has 0 aliphatic carbocycles. The van der Waals surface area contributed by atoms with Gasteiger partial charge in [-0.05, 0) is 34.7 Å². The highest BCUT2D eigenvalue weighted by molar-refractivity contribution is 7.18. The third kappa shape index (κ3) is 4.37. The molecule has 0 bridgehead atoms. The molecule has 0 aliphatic heterocycles. The van der Waals surface area contributed by atoms with Crippen LogP contribution < -0.4 is 0 Å². The largest absolute Gasteiger partial charge is 0.465 e. The molecule has 4 aromatic rings. The molecule has 0 unspecified atom stereocenters. The number of halogens is 1. The zero-order valence-corrected chi connectivity index (χ0v) is 16.8. The number of esters is 1. The summed E-state index contributed by atoms with van der Waals surface area (Å²) in [4.78, 5) is 25.5. The summed E-state index contributed by atoms with van der Waals surface area (Å²) in [5.74, 6) is -0.418. The average molecular weight is 441 g/mol. The molecule has 0 aliphatic rings. The van der Waals surface area contributed by atoms with E-state index >= 15 is 0 Å². The van der Waals surface area contributed by atoms with Gasteiger partial charge in [-0.2, -0.15) is 4.68 Å². The van der Waals surface area contributed by atoms with Gasteiger partial charge in [0.15, 0.2) is 18.1 Å². The molecule has 3 heterocycles. The first kappa shape index (κ1) is 19.7.